The van der Waals surface area contributed by atoms with Crippen LogP contribution in [0.3, 0.4) is 0 Å². The molecule has 0 aromatic rings. The molecule has 1 saturated carbocycles. The molecule has 0 atom stereocenters. The molecule has 1 aliphatic heterocycles. The normalized spacial score (nSPS) is 22.9. The van der Waals surface area contributed by atoms with Crippen molar-refractivity contribution in [1.82, 2.24) is 4.90 Å². The Hall–Kier alpha value is -1.23. The van der Waals surface area contributed by atoms with Gasteiger partial charge in [-0.05, 0) is 12.8 Å². The van der Waals surface area contributed by atoms with Gasteiger partial charge in [0.2, 0.25) is 0 Å². The van der Waals surface area contributed by atoms with E-state index in [9.17, 15) is 14.4 Å². The van der Waals surface area contributed by atoms with Gasteiger partial charge < -0.3 is 4.74 Å². The maximum atomic E-state index is 12.0. The van der Waals surface area contributed by atoms with Crippen molar-refractivity contribution in [2.24, 2.45) is 5.92 Å². The van der Waals surface area contributed by atoms with E-state index in [-0.39, 0.29) is 31.5 Å². The Morgan fingerprint density at radius 2 is 1.71 bits per heavy atom. The second-order valence-corrected chi connectivity index (χ2v) is 4.67. The van der Waals surface area contributed by atoms with Crippen molar-refractivity contribution in [3.63, 3.8) is 0 Å². The predicted octanol–water partition coefficient (Wildman–Crippen LogP) is 0.521. The topological polar surface area (TPSA) is 63.7 Å². The highest BCUT2D eigenvalue weighted by atomic mass is 16.5. The van der Waals surface area contributed by atoms with Gasteiger partial charge in [0, 0.05) is 5.92 Å². The smallest absolute Gasteiger partial charge is 0.255 e. The van der Waals surface area contributed by atoms with E-state index in [4.69, 9.17) is 4.74 Å². The van der Waals surface area contributed by atoms with Crippen LogP contribution in [0.25, 0.3) is 0 Å². The van der Waals surface area contributed by atoms with Crippen LogP contribution in [-0.2, 0) is 19.1 Å². The zero-order chi connectivity index (χ0) is 12.3. The Balaban J connectivity index is 1.92. The summed E-state index contributed by atoms with van der Waals surface area (Å²) in [5, 5.41) is 0. The van der Waals surface area contributed by atoms with Crippen molar-refractivity contribution in [2.45, 2.75) is 32.1 Å². The van der Waals surface area contributed by atoms with Crippen LogP contribution in [0.2, 0.25) is 0 Å². The second-order valence-electron chi connectivity index (χ2n) is 4.67. The lowest BCUT2D eigenvalue weighted by molar-refractivity contribution is -0.160. The average molecular weight is 239 g/mol. The average Bonchev–Trinajstić information content (AvgIpc) is 2.35. The summed E-state index contributed by atoms with van der Waals surface area (Å²) in [7, 11) is 0. The molecule has 0 N–H and O–H groups in total. The van der Waals surface area contributed by atoms with E-state index in [1.807, 2.05) is 0 Å². The summed E-state index contributed by atoms with van der Waals surface area (Å²) < 4.78 is 4.80. The summed E-state index contributed by atoms with van der Waals surface area (Å²) in [6.07, 6.45) is 5.11. The molecule has 94 valence electrons. The van der Waals surface area contributed by atoms with E-state index in [0.717, 1.165) is 30.6 Å². The SMILES string of the molecule is O=C(CN1C(=O)COCC1=O)C1CCCCC1. The Morgan fingerprint density at radius 3 is 2.29 bits per heavy atom. The number of imide groups is 1. The van der Waals surface area contributed by atoms with E-state index in [0.29, 0.717) is 0 Å². The highest BCUT2D eigenvalue weighted by Crippen LogP contribution is 2.24. The third-order valence-corrected chi connectivity index (χ3v) is 3.43. The maximum absolute atomic E-state index is 12.0. The molecular weight excluding hydrogens is 222 g/mol. The second kappa shape index (κ2) is 5.40. The van der Waals surface area contributed by atoms with Crippen LogP contribution in [0.1, 0.15) is 32.1 Å². The number of amides is 2. The predicted molar refractivity (Wildman–Crippen MR) is 59.1 cm³/mol. The molecule has 0 spiro atoms. The monoisotopic (exact) mass is 239 g/mol. The third-order valence-electron chi connectivity index (χ3n) is 3.43. The summed E-state index contributed by atoms with van der Waals surface area (Å²) in [6.45, 7) is -0.251. The Morgan fingerprint density at radius 1 is 1.12 bits per heavy atom. The van der Waals surface area contributed by atoms with E-state index in [2.05, 4.69) is 0 Å². The van der Waals surface area contributed by atoms with Gasteiger partial charge in [0.25, 0.3) is 11.8 Å². The van der Waals surface area contributed by atoms with Gasteiger partial charge in [0.1, 0.15) is 13.2 Å². The first-order valence-electron chi connectivity index (χ1n) is 6.12. The van der Waals surface area contributed by atoms with Crippen molar-refractivity contribution in [3.05, 3.63) is 0 Å². The van der Waals surface area contributed by atoms with Gasteiger partial charge in [-0.2, -0.15) is 0 Å². The molecule has 0 bridgehead atoms. The third kappa shape index (κ3) is 2.91. The molecule has 5 heteroatoms. The molecule has 0 aromatic carbocycles. The molecule has 1 aliphatic carbocycles. The van der Waals surface area contributed by atoms with Crippen LogP contribution in [0.4, 0.5) is 0 Å². The van der Waals surface area contributed by atoms with Crippen molar-refractivity contribution < 1.29 is 19.1 Å². The highest BCUT2D eigenvalue weighted by Gasteiger charge is 2.31. The van der Waals surface area contributed by atoms with Crippen LogP contribution in [0.15, 0.2) is 0 Å². The van der Waals surface area contributed by atoms with Gasteiger partial charge >= 0.3 is 0 Å². The molecule has 0 radical (unpaired) electrons. The number of ether oxygens (including phenoxy) is 1. The van der Waals surface area contributed by atoms with Gasteiger partial charge in [-0.1, -0.05) is 19.3 Å². The molecule has 1 saturated heterocycles. The minimum atomic E-state index is -0.398. The van der Waals surface area contributed by atoms with E-state index < -0.39 is 11.8 Å². The van der Waals surface area contributed by atoms with Crippen LogP contribution in [0, 0.1) is 5.92 Å². The van der Waals surface area contributed by atoms with E-state index in [1.165, 1.54) is 6.42 Å². The summed E-state index contributed by atoms with van der Waals surface area (Å²) >= 11 is 0. The number of carbonyl (C=O) groups is 3. The molecule has 2 rings (SSSR count). The number of Topliss-reactive ketones (excluding diaryl/α,β-unsaturated/α-hetero) is 1. The Labute approximate surface area is 100 Å². The van der Waals surface area contributed by atoms with Crippen molar-refractivity contribution >= 4 is 17.6 Å². The lowest BCUT2D eigenvalue weighted by Gasteiger charge is -2.27. The van der Waals surface area contributed by atoms with Gasteiger partial charge in [0.05, 0.1) is 6.54 Å². The number of carbonyl (C=O) groups excluding carboxylic acids is 3. The fourth-order valence-corrected chi connectivity index (χ4v) is 2.41. The minimum Gasteiger partial charge on any atom is -0.362 e. The quantitative estimate of drug-likeness (QED) is 0.674. The summed E-state index contributed by atoms with van der Waals surface area (Å²) in [5.74, 6) is -0.740. The van der Waals surface area contributed by atoms with Crippen LogP contribution in [0.5, 0.6) is 0 Å². The van der Waals surface area contributed by atoms with Crippen molar-refractivity contribution in [3.8, 4) is 0 Å². The Bertz CT molecular complexity index is 317. The highest BCUT2D eigenvalue weighted by molar-refractivity contribution is 6.02. The molecule has 2 fully saturated rings. The van der Waals surface area contributed by atoms with Crippen LogP contribution < -0.4 is 0 Å². The van der Waals surface area contributed by atoms with Crippen LogP contribution in [-0.4, -0.2) is 42.3 Å². The van der Waals surface area contributed by atoms with Gasteiger partial charge in [-0.15, -0.1) is 0 Å². The van der Waals surface area contributed by atoms with Gasteiger partial charge in [-0.25, -0.2) is 0 Å². The number of rotatable bonds is 3. The van der Waals surface area contributed by atoms with E-state index >= 15 is 0 Å². The largest absolute Gasteiger partial charge is 0.362 e. The molecule has 17 heavy (non-hydrogen) atoms. The van der Waals surface area contributed by atoms with Crippen LogP contribution >= 0.6 is 0 Å². The lowest BCUT2D eigenvalue weighted by atomic mass is 9.86. The zero-order valence-corrected chi connectivity index (χ0v) is 9.81. The first-order valence-corrected chi connectivity index (χ1v) is 6.12. The van der Waals surface area contributed by atoms with Gasteiger partial charge in [0.15, 0.2) is 5.78 Å². The molecule has 2 aliphatic rings. The van der Waals surface area contributed by atoms with Crippen molar-refractivity contribution in [2.75, 3.05) is 19.8 Å². The molecule has 1 heterocycles. The molecule has 5 nitrogen and oxygen atoms in total. The fraction of sp³-hybridized carbons (Fsp3) is 0.750. The zero-order valence-electron chi connectivity index (χ0n) is 9.81. The van der Waals surface area contributed by atoms with Gasteiger partial charge in [-0.3, -0.25) is 19.3 Å². The number of ketones is 1. The molecule has 2 amide bonds. The first-order chi connectivity index (χ1) is 8.18. The summed E-state index contributed by atoms with van der Waals surface area (Å²) in [4.78, 5) is 35.9. The number of hydrogen-bond donors (Lipinski definition) is 0. The lowest BCUT2D eigenvalue weighted by Crippen LogP contribution is -2.49. The number of nitrogens with zero attached hydrogens (tertiary/aromatic N) is 1. The molecule has 0 aromatic heterocycles. The Kier molecular flexibility index (Phi) is 3.89. The number of hydrogen-bond acceptors (Lipinski definition) is 4. The maximum Gasteiger partial charge on any atom is 0.255 e. The fourth-order valence-electron chi connectivity index (χ4n) is 2.41. The van der Waals surface area contributed by atoms with Crippen molar-refractivity contribution in [1.29, 1.82) is 0 Å². The molecular formula is C12H17NO4. The standard InChI is InChI=1S/C12H17NO4/c14-10(9-4-2-1-3-5-9)6-13-11(15)7-17-8-12(13)16/h9H,1-8H2. The summed E-state index contributed by atoms with van der Waals surface area (Å²) in [5.41, 5.74) is 0. The summed E-state index contributed by atoms with van der Waals surface area (Å²) in [6, 6.07) is 0. The molecule has 0 unspecified atom stereocenters. The first kappa shape index (κ1) is 12.2. The van der Waals surface area contributed by atoms with E-state index in [1.54, 1.807) is 0 Å². The number of morpholine rings is 1. The minimum absolute atomic E-state index is 0.0216.